The molecule has 1 aliphatic carbocycles. The lowest BCUT2D eigenvalue weighted by Crippen LogP contribution is -2.15. The van der Waals surface area contributed by atoms with Crippen LogP contribution >= 0.6 is 12.4 Å². The van der Waals surface area contributed by atoms with Gasteiger partial charge in [0.05, 0.1) is 13.2 Å². The van der Waals surface area contributed by atoms with Crippen LogP contribution in [0.2, 0.25) is 0 Å². The lowest BCUT2D eigenvalue weighted by molar-refractivity contribution is -0.111. The van der Waals surface area contributed by atoms with Gasteiger partial charge in [-0.05, 0) is 101 Å². The predicted molar refractivity (Wildman–Crippen MR) is 148 cm³/mol. The molecule has 2 aromatic rings. The van der Waals surface area contributed by atoms with Gasteiger partial charge in [-0.25, -0.2) is 0 Å². The summed E-state index contributed by atoms with van der Waals surface area (Å²) in [6, 6.07) is 16.0. The van der Waals surface area contributed by atoms with Gasteiger partial charge in [-0.15, -0.1) is 12.4 Å². The molecule has 35 heavy (non-hydrogen) atoms. The van der Waals surface area contributed by atoms with Crippen molar-refractivity contribution in [2.24, 2.45) is 0 Å². The zero-order valence-corrected chi connectivity index (χ0v) is 22.3. The lowest BCUT2D eigenvalue weighted by Gasteiger charge is -2.10. The Morgan fingerprint density at radius 3 is 1.40 bits per heavy atom. The molecule has 1 saturated carbocycles. The average molecular weight is 499 g/mol. The first-order valence-electron chi connectivity index (χ1n) is 12.1. The Morgan fingerprint density at radius 1 is 0.686 bits per heavy atom. The van der Waals surface area contributed by atoms with Crippen molar-refractivity contribution in [3.63, 3.8) is 0 Å². The second kappa shape index (κ2) is 14.7. The minimum Gasteiger partial charge on any atom is -0.494 e. The van der Waals surface area contributed by atoms with Crippen LogP contribution in [0.4, 0.5) is 0 Å². The number of ether oxygens (including phenoxy) is 2. The molecule has 2 aromatic carbocycles. The topological polar surface area (TPSA) is 42.0 Å². The number of Topliss-reactive ketones (excluding diaryl/α,β-unsaturated/α-hetero) is 1. The molecule has 1 fully saturated rings. The summed E-state index contributed by atoms with van der Waals surface area (Å²) in [6.45, 7) is 3.43. The van der Waals surface area contributed by atoms with E-state index in [0.717, 1.165) is 72.5 Å². The minimum absolute atomic E-state index is 0. The molecule has 0 amide bonds. The molecule has 190 valence electrons. The maximum absolute atomic E-state index is 12.9. The Kier molecular flexibility index (Phi) is 12.0. The Labute approximate surface area is 216 Å². The van der Waals surface area contributed by atoms with E-state index in [4.69, 9.17) is 9.47 Å². The fourth-order valence-electron chi connectivity index (χ4n) is 3.84. The molecule has 0 saturated heterocycles. The van der Waals surface area contributed by atoms with Crippen molar-refractivity contribution in [3.8, 4) is 11.5 Å². The number of ketones is 1. The molecule has 0 unspecified atom stereocenters. The van der Waals surface area contributed by atoms with Gasteiger partial charge in [-0.2, -0.15) is 0 Å². The quantitative estimate of drug-likeness (QED) is 0.281. The van der Waals surface area contributed by atoms with Gasteiger partial charge in [0, 0.05) is 24.2 Å². The number of nitrogens with zero attached hydrogens (tertiary/aromatic N) is 2. The van der Waals surface area contributed by atoms with Crippen molar-refractivity contribution >= 4 is 30.3 Å². The Balaban J connectivity index is 0.00000432. The summed E-state index contributed by atoms with van der Waals surface area (Å²) >= 11 is 0. The van der Waals surface area contributed by atoms with Gasteiger partial charge >= 0.3 is 0 Å². The second-order valence-corrected chi connectivity index (χ2v) is 9.32. The lowest BCUT2D eigenvalue weighted by atomic mass is 10.1. The number of hydrogen-bond donors (Lipinski definition) is 0. The van der Waals surface area contributed by atoms with Gasteiger partial charge in [0.15, 0.2) is 5.78 Å². The SMILES string of the molecule is CN(C)CCCOc1ccc(/C=C2\CC/C(=C\c3ccc(OCCCN(C)C)cc3)C2=O)cc1.Cl. The fourth-order valence-corrected chi connectivity index (χ4v) is 3.84. The van der Waals surface area contributed by atoms with Gasteiger partial charge in [0.2, 0.25) is 0 Å². The van der Waals surface area contributed by atoms with Crippen LogP contribution in [-0.2, 0) is 4.79 Å². The van der Waals surface area contributed by atoms with Crippen molar-refractivity contribution in [2.45, 2.75) is 25.7 Å². The van der Waals surface area contributed by atoms with E-state index in [2.05, 4.69) is 38.0 Å². The van der Waals surface area contributed by atoms with Crippen LogP contribution in [0.25, 0.3) is 12.2 Å². The molecule has 0 radical (unpaired) electrons. The van der Waals surface area contributed by atoms with Gasteiger partial charge in [-0.1, -0.05) is 24.3 Å². The first-order chi connectivity index (χ1) is 16.4. The Morgan fingerprint density at radius 2 is 1.06 bits per heavy atom. The number of carbonyl (C=O) groups is 1. The highest BCUT2D eigenvalue weighted by Crippen LogP contribution is 2.30. The van der Waals surface area contributed by atoms with E-state index in [-0.39, 0.29) is 18.2 Å². The standard InChI is InChI=1S/C29H38N2O3.ClH/c1-30(2)17-5-19-33-27-13-7-23(8-14-27)21-25-11-12-26(29(25)32)22-24-9-15-28(16-10-24)34-20-6-18-31(3)4;/h7-10,13-16,21-22H,5-6,11-12,17-20H2,1-4H3;1H/b25-21+,26-22+;. The fraction of sp³-hybridized carbons (Fsp3) is 0.414. The number of allylic oxidation sites excluding steroid dienone is 2. The Bertz CT molecular complexity index is 900. The molecule has 6 heteroatoms. The van der Waals surface area contributed by atoms with E-state index in [1.54, 1.807) is 0 Å². The smallest absolute Gasteiger partial charge is 0.185 e. The summed E-state index contributed by atoms with van der Waals surface area (Å²) in [5.74, 6) is 1.88. The van der Waals surface area contributed by atoms with Crippen LogP contribution in [0.5, 0.6) is 11.5 Å². The van der Waals surface area contributed by atoms with E-state index in [1.807, 2.05) is 60.7 Å². The van der Waals surface area contributed by atoms with E-state index >= 15 is 0 Å². The third-order valence-electron chi connectivity index (χ3n) is 5.73. The van der Waals surface area contributed by atoms with Gasteiger partial charge in [0.1, 0.15) is 11.5 Å². The highest BCUT2D eigenvalue weighted by atomic mass is 35.5. The van der Waals surface area contributed by atoms with Crippen molar-refractivity contribution in [1.29, 1.82) is 0 Å². The number of benzene rings is 2. The first-order valence-corrected chi connectivity index (χ1v) is 12.1. The molecular formula is C29H39ClN2O3. The molecule has 3 rings (SSSR count). The first kappa shape index (κ1) is 28.6. The zero-order valence-electron chi connectivity index (χ0n) is 21.5. The zero-order chi connectivity index (χ0) is 24.3. The molecule has 0 atom stereocenters. The maximum atomic E-state index is 12.9. The van der Waals surface area contributed by atoms with Gasteiger partial charge < -0.3 is 19.3 Å². The van der Waals surface area contributed by atoms with Crippen LogP contribution in [0, 0.1) is 0 Å². The highest BCUT2D eigenvalue weighted by Gasteiger charge is 2.22. The molecule has 0 aromatic heterocycles. The Hall–Kier alpha value is -2.60. The third-order valence-corrected chi connectivity index (χ3v) is 5.73. The summed E-state index contributed by atoms with van der Waals surface area (Å²) in [5, 5.41) is 0. The van der Waals surface area contributed by atoms with E-state index in [0.29, 0.717) is 13.2 Å². The van der Waals surface area contributed by atoms with Crippen LogP contribution in [-0.4, -0.2) is 70.1 Å². The summed E-state index contributed by atoms with van der Waals surface area (Å²) in [5.41, 5.74) is 3.79. The van der Waals surface area contributed by atoms with Crippen molar-refractivity contribution in [2.75, 3.05) is 54.5 Å². The summed E-state index contributed by atoms with van der Waals surface area (Å²) in [4.78, 5) is 17.2. The van der Waals surface area contributed by atoms with Gasteiger partial charge in [-0.3, -0.25) is 4.79 Å². The van der Waals surface area contributed by atoms with Crippen LogP contribution < -0.4 is 9.47 Å². The molecule has 5 nitrogen and oxygen atoms in total. The van der Waals surface area contributed by atoms with Crippen molar-refractivity contribution < 1.29 is 14.3 Å². The van der Waals surface area contributed by atoms with E-state index in [9.17, 15) is 4.79 Å². The van der Waals surface area contributed by atoms with E-state index in [1.165, 1.54) is 0 Å². The number of hydrogen-bond acceptors (Lipinski definition) is 5. The number of rotatable bonds is 12. The van der Waals surface area contributed by atoms with Crippen LogP contribution in [0.15, 0.2) is 59.7 Å². The minimum atomic E-state index is 0. The number of carbonyl (C=O) groups excluding carboxylic acids is 1. The summed E-state index contributed by atoms with van der Waals surface area (Å²) < 4.78 is 11.6. The molecule has 0 spiro atoms. The normalized spacial score (nSPS) is 15.8. The summed E-state index contributed by atoms with van der Waals surface area (Å²) in [7, 11) is 8.25. The number of halogens is 1. The second-order valence-electron chi connectivity index (χ2n) is 9.32. The molecule has 0 heterocycles. The monoisotopic (exact) mass is 498 g/mol. The van der Waals surface area contributed by atoms with E-state index < -0.39 is 0 Å². The highest BCUT2D eigenvalue weighted by molar-refractivity contribution is 6.15. The average Bonchev–Trinajstić information content (AvgIpc) is 3.15. The summed E-state index contributed by atoms with van der Waals surface area (Å²) in [6.07, 6.45) is 7.55. The van der Waals surface area contributed by atoms with Crippen LogP contribution in [0.1, 0.15) is 36.8 Å². The molecular weight excluding hydrogens is 460 g/mol. The molecule has 0 N–H and O–H groups in total. The van der Waals surface area contributed by atoms with Crippen molar-refractivity contribution in [3.05, 3.63) is 70.8 Å². The maximum Gasteiger partial charge on any atom is 0.185 e. The third kappa shape index (κ3) is 9.88. The predicted octanol–water partition coefficient (Wildman–Crippen LogP) is 5.60. The largest absolute Gasteiger partial charge is 0.494 e. The molecule has 0 aliphatic heterocycles. The van der Waals surface area contributed by atoms with Crippen molar-refractivity contribution in [1.82, 2.24) is 9.80 Å². The van der Waals surface area contributed by atoms with Gasteiger partial charge in [0.25, 0.3) is 0 Å². The molecule has 0 bridgehead atoms. The van der Waals surface area contributed by atoms with Crippen LogP contribution in [0.3, 0.4) is 0 Å². The molecule has 1 aliphatic rings.